The van der Waals surface area contributed by atoms with E-state index < -0.39 is 5.91 Å². The average Bonchev–Trinajstić information content (AvgIpc) is 2.75. The van der Waals surface area contributed by atoms with Gasteiger partial charge in [0.25, 0.3) is 5.91 Å². The number of methoxy groups -OCH3 is 1. The molecule has 0 saturated carbocycles. The third-order valence-corrected chi connectivity index (χ3v) is 4.79. The van der Waals surface area contributed by atoms with E-state index in [1.807, 2.05) is 6.07 Å². The van der Waals surface area contributed by atoms with Crippen LogP contribution in [0.1, 0.15) is 16.7 Å². The van der Waals surface area contributed by atoms with Crippen LogP contribution >= 0.6 is 11.6 Å². The normalized spacial score (nSPS) is 10.9. The molecule has 0 bridgehead atoms. The molecule has 30 heavy (non-hydrogen) atoms. The predicted molar refractivity (Wildman–Crippen MR) is 116 cm³/mol. The molecule has 1 N–H and O–H groups in total. The molecule has 0 atom stereocenters. The summed E-state index contributed by atoms with van der Waals surface area (Å²) in [6.07, 6.45) is 1.80. The summed E-state index contributed by atoms with van der Waals surface area (Å²) in [7, 11) is 1.55. The van der Waals surface area contributed by atoms with E-state index in [0.717, 1.165) is 5.56 Å². The monoisotopic (exact) mass is 420 g/mol. The number of amides is 1. The Bertz CT molecular complexity index is 1130. The fraction of sp³-hybridized carbons (Fsp3) is 0.0833. The van der Waals surface area contributed by atoms with Gasteiger partial charge in [-0.3, -0.25) is 4.79 Å². The zero-order chi connectivity index (χ0) is 21.5. The van der Waals surface area contributed by atoms with Gasteiger partial charge in [-0.15, -0.1) is 0 Å². The maximum atomic E-state index is 13.9. The molecule has 0 aromatic heterocycles. The van der Waals surface area contributed by atoms with Gasteiger partial charge in [0, 0.05) is 17.1 Å². The first-order valence-electron chi connectivity index (χ1n) is 9.09. The van der Waals surface area contributed by atoms with Crippen molar-refractivity contribution >= 4 is 29.3 Å². The summed E-state index contributed by atoms with van der Waals surface area (Å²) in [4.78, 5) is 12.4. The van der Waals surface area contributed by atoms with Crippen LogP contribution in [0.3, 0.4) is 0 Å². The van der Waals surface area contributed by atoms with Gasteiger partial charge in [-0.25, -0.2) is 4.39 Å². The largest absolute Gasteiger partial charge is 0.497 e. The summed E-state index contributed by atoms with van der Waals surface area (Å²) in [5.41, 5.74) is 2.36. The number of anilines is 1. The van der Waals surface area contributed by atoms with Crippen LogP contribution < -0.4 is 10.1 Å². The first-order valence-corrected chi connectivity index (χ1v) is 9.47. The summed E-state index contributed by atoms with van der Waals surface area (Å²) in [6, 6.07) is 20.3. The van der Waals surface area contributed by atoms with Crippen LogP contribution in [0, 0.1) is 17.1 Å². The van der Waals surface area contributed by atoms with Gasteiger partial charge in [-0.2, -0.15) is 5.26 Å². The maximum absolute atomic E-state index is 13.9. The van der Waals surface area contributed by atoms with Gasteiger partial charge in [0.1, 0.15) is 23.2 Å². The Kier molecular flexibility index (Phi) is 6.84. The number of carbonyl (C=O) groups is 1. The molecule has 0 aliphatic carbocycles. The smallest absolute Gasteiger partial charge is 0.266 e. The Morgan fingerprint density at radius 3 is 2.50 bits per heavy atom. The standard InChI is InChI=1S/C24H18ClFN2O2/c1-30-21-10-8-20(9-11-21)28-24(29)19(15-27)12-16-6-7-17(22(25)13-16)14-18-4-2-3-5-23(18)26/h2-13H,14H2,1H3,(H,28,29)/b19-12+. The third-order valence-electron chi connectivity index (χ3n) is 4.44. The fourth-order valence-electron chi connectivity index (χ4n) is 2.83. The second-order valence-electron chi connectivity index (χ2n) is 6.47. The number of ether oxygens (including phenoxy) is 1. The van der Waals surface area contributed by atoms with E-state index in [1.54, 1.807) is 67.8 Å². The number of hydrogen-bond donors (Lipinski definition) is 1. The van der Waals surface area contributed by atoms with Crippen LogP contribution in [0.5, 0.6) is 5.75 Å². The zero-order valence-corrected chi connectivity index (χ0v) is 16.9. The highest BCUT2D eigenvalue weighted by atomic mass is 35.5. The van der Waals surface area contributed by atoms with E-state index >= 15 is 0 Å². The molecule has 0 aliphatic rings. The van der Waals surface area contributed by atoms with Crippen molar-refractivity contribution in [3.63, 3.8) is 0 Å². The number of rotatable bonds is 6. The molecular weight excluding hydrogens is 403 g/mol. The molecule has 0 spiro atoms. The molecule has 6 heteroatoms. The van der Waals surface area contributed by atoms with Crippen LogP contribution in [0.2, 0.25) is 5.02 Å². The van der Waals surface area contributed by atoms with Crippen molar-refractivity contribution in [1.82, 2.24) is 0 Å². The molecule has 0 heterocycles. The molecule has 1 amide bonds. The van der Waals surface area contributed by atoms with Crippen molar-refractivity contribution in [3.05, 3.63) is 99.8 Å². The van der Waals surface area contributed by atoms with Crippen LogP contribution in [0.4, 0.5) is 10.1 Å². The molecule has 3 aromatic rings. The van der Waals surface area contributed by atoms with E-state index in [-0.39, 0.29) is 11.4 Å². The summed E-state index contributed by atoms with van der Waals surface area (Å²) in [6.45, 7) is 0. The first-order chi connectivity index (χ1) is 14.5. The van der Waals surface area contributed by atoms with E-state index in [2.05, 4.69) is 5.32 Å². The van der Waals surface area contributed by atoms with Gasteiger partial charge in [0.2, 0.25) is 0 Å². The second kappa shape index (κ2) is 9.73. The number of nitrogens with one attached hydrogen (secondary N) is 1. The highest BCUT2D eigenvalue weighted by Gasteiger charge is 2.11. The molecule has 150 valence electrons. The molecule has 0 radical (unpaired) electrons. The van der Waals surface area contributed by atoms with Crippen molar-refractivity contribution in [1.29, 1.82) is 5.26 Å². The summed E-state index contributed by atoms with van der Waals surface area (Å²) < 4.78 is 19.0. The molecule has 3 rings (SSSR count). The van der Waals surface area contributed by atoms with Crippen molar-refractivity contribution < 1.29 is 13.9 Å². The average molecular weight is 421 g/mol. The third kappa shape index (κ3) is 5.25. The quantitative estimate of drug-likeness (QED) is 0.415. The number of halogens is 2. The maximum Gasteiger partial charge on any atom is 0.266 e. The molecule has 4 nitrogen and oxygen atoms in total. The lowest BCUT2D eigenvalue weighted by Gasteiger charge is -2.08. The van der Waals surface area contributed by atoms with Gasteiger partial charge < -0.3 is 10.1 Å². The number of carbonyl (C=O) groups excluding carboxylic acids is 1. The summed E-state index contributed by atoms with van der Waals surface area (Å²) >= 11 is 6.35. The van der Waals surface area contributed by atoms with Gasteiger partial charge in [0.05, 0.1) is 7.11 Å². The number of benzene rings is 3. The summed E-state index contributed by atoms with van der Waals surface area (Å²) in [5.74, 6) is -0.164. The van der Waals surface area contributed by atoms with Crippen LogP contribution in [-0.4, -0.2) is 13.0 Å². The van der Waals surface area contributed by atoms with E-state index in [0.29, 0.717) is 34.0 Å². The lowest BCUT2D eigenvalue weighted by atomic mass is 10.0. The Morgan fingerprint density at radius 1 is 1.13 bits per heavy atom. The molecule has 0 saturated heterocycles. The van der Waals surface area contributed by atoms with Gasteiger partial charge >= 0.3 is 0 Å². The van der Waals surface area contributed by atoms with Crippen molar-refractivity contribution in [2.75, 3.05) is 12.4 Å². The van der Waals surface area contributed by atoms with E-state index in [4.69, 9.17) is 16.3 Å². The Morgan fingerprint density at radius 2 is 1.87 bits per heavy atom. The highest BCUT2D eigenvalue weighted by Crippen LogP contribution is 2.24. The minimum atomic E-state index is -0.533. The lowest BCUT2D eigenvalue weighted by molar-refractivity contribution is -0.112. The second-order valence-corrected chi connectivity index (χ2v) is 6.88. The van der Waals surface area contributed by atoms with E-state index in [1.165, 1.54) is 12.1 Å². The Labute approximate surface area is 179 Å². The summed E-state index contributed by atoms with van der Waals surface area (Å²) in [5, 5.41) is 12.5. The molecule has 3 aromatic carbocycles. The van der Waals surface area contributed by atoms with Crippen molar-refractivity contribution in [2.24, 2.45) is 0 Å². The van der Waals surface area contributed by atoms with E-state index in [9.17, 15) is 14.4 Å². The number of hydrogen-bond acceptors (Lipinski definition) is 3. The Hall–Kier alpha value is -3.62. The molecular formula is C24H18ClFN2O2. The minimum Gasteiger partial charge on any atom is -0.497 e. The van der Waals surface area contributed by atoms with Crippen LogP contribution in [0.25, 0.3) is 6.08 Å². The van der Waals surface area contributed by atoms with Crippen molar-refractivity contribution in [2.45, 2.75) is 6.42 Å². The molecule has 0 fully saturated rings. The lowest BCUT2D eigenvalue weighted by Crippen LogP contribution is -2.13. The predicted octanol–water partition coefficient (Wildman–Crippen LogP) is 5.62. The van der Waals surface area contributed by atoms with Gasteiger partial charge in [-0.05, 0) is 59.2 Å². The van der Waals surface area contributed by atoms with Crippen molar-refractivity contribution in [3.8, 4) is 11.8 Å². The minimum absolute atomic E-state index is 0.0660. The van der Waals surface area contributed by atoms with Crippen LogP contribution in [-0.2, 0) is 11.2 Å². The highest BCUT2D eigenvalue weighted by molar-refractivity contribution is 6.31. The first kappa shape index (κ1) is 21.1. The SMILES string of the molecule is COc1ccc(NC(=O)/C(C#N)=C/c2ccc(Cc3ccccc3F)c(Cl)c2)cc1. The molecule has 0 aliphatic heterocycles. The fourth-order valence-corrected chi connectivity index (χ4v) is 3.09. The topological polar surface area (TPSA) is 62.1 Å². The number of nitriles is 1. The number of nitrogens with zero attached hydrogens (tertiary/aromatic N) is 1. The van der Waals surface area contributed by atoms with Gasteiger partial charge in [0.15, 0.2) is 0 Å². The van der Waals surface area contributed by atoms with Gasteiger partial charge in [-0.1, -0.05) is 41.9 Å². The zero-order valence-electron chi connectivity index (χ0n) is 16.2. The van der Waals surface area contributed by atoms with Crippen LogP contribution in [0.15, 0.2) is 72.3 Å². The Balaban J connectivity index is 1.76. The molecule has 0 unspecified atom stereocenters.